The molecule has 0 aromatic carbocycles. The topological polar surface area (TPSA) is 39.1 Å². The largest absolute Gasteiger partial charge is 0.303 e. The van der Waals surface area contributed by atoms with Crippen molar-refractivity contribution in [3.05, 3.63) is 0 Å². The molecule has 1 saturated carbocycles. The second-order valence-electron chi connectivity index (χ2n) is 7.37. The number of nitrogens with zero attached hydrogens (tertiary/aromatic N) is 2. The summed E-state index contributed by atoms with van der Waals surface area (Å²) in [6, 6.07) is 3.03. The molecule has 120 valence electrons. The summed E-state index contributed by atoms with van der Waals surface area (Å²) < 4.78 is 0. The second kappa shape index (κ2) is 8.15. The van der Waals surface area contributed by atoms with Crippen molar-refractivity contribution in [3.63, 3.8) is 0 Å². The van der Waals surface area contributed by atoms with Crippen LogP contribution in [0.3, 0.4) is 0 Å². The summed E-state index contributed by atoms with van der Waals surface area (Å²) in [7, 11) is 0. The van der Waals surface area contributed by atoms with Gasteiger partial charge in [-0.15, -0.1) is 0 Å². The number of rotatable bonds is 5. The summed E-state index contributed by atoms with van der Waals surface area (Å²) in [5.41, 5.74) is -0.253. The van der Waals surface area contributed by atoms with Gasteiger partial charge in [0.2, 0.25) is 0 Å². The maximum atomic E-state index is 9.73. The molecule has 1 N–H and O–H groups in total. The zero-order valence-electron chi connectivity index (χ0n) is 14.0. The van der Waals surface area contributed by atoms with E-state index in [0.717, 1.165) is 6.42 Å². The molecule has 1 aliphatic carbocycles. The van der Waals surface area contributed by atoms with Gasteiger partial charge in [0.05, 0.1) is 6.07 Å². The Hall–Kier alpha value is -0.590. The van der Waals surface area contributed by atoms with E-state index in [1.807, 2.05) is 0 Å². The van der Waals surface area contributed by atoms with Crippen LogP contribution in [0.1, 0.15) is 71.6 Å². The van der Waals surface area contributed by atoms with Crippen molar-refractivity contribution < 1.29 is 0 Å². The molecular formula is C18H33N3. The lowest BCUT2D eigenvalue weighted by molar-refractivity contribution is 0.204. The van der Waals surface area contributed by atoms with E-state index < -0.39 is 0 Å². The first-order valence-electron chi connectivity index (χ1n) is 9.07. The third-order valence-corrected chi connectivity index (χ3v) is 5.31. The van der Waals surface area contributed by atoms with Crippen molar-refractivity contribution >= 4 is 0 Å². The zero-order chi connectivity index (χ0) is 15.1. The lowest BCUT2D eigenvalue weighted by atomic mass is 9.85. The van der Waals surface area contributed by atoms with Crippen molar-refractivity contribution in [1.82, 2.24) is 10.2 Å². The molecule has 1 aliphatic heterocycles. The fourth-order valence-corrected chi connectivity index (χ4v) is 4.23. The fraction of sp³-hybridized carbons (Fsp3) is 0.944. The van der Waals surface area contributed by atoms with E-state index >= 15 is 0 Å². The van der Waals surface area contributed by atoms with Gasteiger partial charge in [0.25, 0.3) is 0 Å². The molecule has 2 fully saturated rings. The van der Waals surface area contributed by atoms with Gasteiger partial charge in [-0.25, -0.2) is 0 Å². The number of nitrogens with one attached hydrogen (secondary N) is 1. The van der Waals surface area contributed by atoms with E-state index in [1.165, 1.54) is 71.0 Å². The molecule has 1 saturated heterocycles. The Balaban J connectivity index is 1.86. The standard InChI is InChI=1S/C18H33N3/c1-16(2)20-18(15-19)11-8-9-17(18)10-14-21-12-6-4-3-5-7-13-21/h16-17,20H,3-14H2,1-2H3. The number of likely N-dealkylation sites (tertiary alicyclic amines) is 1. The quantitative estimate of drug-likeness (QED) is 0.839. The Morgan fingerprint density at radius 2 is 1.81 bits per heavy atom. The van der Waals surface area contributed by atoms with Gasteiger partial charge < -0.3 is 4.90 Å². The van der Waals surface area contributed by atoms with Gasteiger partial charge in [-0.3, -0.25) is 5.32 Å². The molecule has 21 heavy (non-hydrogen) atoms. The van der Waals surface area contributed by atoms with Gasteiger partial charge in [0, 0.05) is 6.04 Å². The molecule has 2 unspecified atom stereocenters. The average molecular weight is 291 g/mol. The van der Waals surface area contributed by atoms with E-state index in [-0.39, 0.29) is 5.54 Å². The van der Waals surface area contributed by atoms with Crippen molar-refractivity contribution in [2.45, 2.75) is 83.2 Å². The highest BCUT2D eigenvalue weighted by Crippen LogP contribution is 2.38. The minimum absolute atomic E-state index is 0.253. The van der Waals surface area contributed by atoms with Crippen molar-refractivity contribution in [2.24, 2.45) is 5.92 Å². The molecule has 0 radical (unpaired) electrons. The first kappa shape index (κ1) is 16.8. The summed E-state index contributed by atoms with van der Waals surface area (Å²) in [4.78, 5) is 2.65. The molecule has 2 atom stereocenters. The molecule has 2 aliphatic rings. The lowest BCUT2D eigenvalue weighted by Gasteiger charge is -2.34. The van der Waals surface area contributed by atoms with Gasteiger partial charge in [-0.1, -0.05) is 25.7 Å². The molecule has 2 rings (SSSR count). The predicted octanol–water partition coefficient (Wildman–Crippen LogP) is 3.70. The van der Waals surface area contributed by atoms with Crippen LogP contribution in [0.4, 0.5) is 0 Å². The molecule has 0 amide bonds. The third-order valence-electron chi connectivity index (χ3n) is 5.31. The van der Waals surface area contributed by atoms with Crippen LogP contribution in [0.2, 0.25) is 0 Å². The van der Waals surface area contributed by atoms with E-state index in [9.17, 15) is 5.26 Å². The predicted molar refractivity (Wildman–Crippen MR) is 88.1 cm³/mol. The SMILES string of the molecule is CC(C)NC1(C#N)CCCC1CCN1CCCCCCC1. The van der Waals surface area contributed by atoms with Crippen LogP contribution in [0.15, 0.2) is 0 Å². The maximum absolute atomic E-state index is 9.73. The number of nitriles is 1. The van der Waals surface area contributed by atoms with Crippen LogP contribution in [-0.2, 0) is 0 Å². The second-order valence-corrected chi connectivity index (χ2v) is 7.37. The monoisotopic (exact) mass is 291 g/mol. The first-order chi connectivity index (χ1) is 10.2. The molecule has 3 nitrogen and oxygen atoms in total. The Kier molecular flexibility index (Phi) is 6.51. The normalized spacial score (nSPS) is 31.8. The van der Waals surface area contributed by atoms with Crippen LogP contribution in [0, 0.1) is 17.2 Å². The van der Waals surface area contributed by atoms with Crippen molar-refractivity contribution in [3.8, 4) is 6.07 Å². The summed E-state index contributed by atoms with van der Waals surface area (Å²) in [5.74, 6) is 0.537. The molecule has 3 heteroatoms. The summed E-state index contributed by atoms with van der Waals surface area (Å²) in [5, 5.41) is 13.3. The van der Waals surface area contributed by atoms with E-state index in [0.29, 0.717) is 12.0 Å². The van der Waals surface area contributed by atoms with Crippen molar-refractivity contribution in [2.75, 3.05) is 19.6 Å². The van der Waals surface area contributed by atoms with Crippen LogP contribution in [0.25, 0.3) is 0 Å². The van der Waals surface area contributed by atoms with Gasteiger partial charge in [-0.05, 0) is 71.5 Å². The minimum Gasteiger partial charge on any atom is -0.303 e. The molecule has 0 spiro atoms. The van der Waals surface area contributed by atoms with Gasteiger partial charge >= 0.3 is 0 Å². The number of hydrogen-bond donors (Lipinski definition) is 1. The van der Waals surface area contributed by atoms with E-state index in [4.69, 9.17) is 0 Å². The highest BCUT2D eigenvalue weighted by Gasteiger charge is 2.43. The summed E-state index contributed by atoms with van der Waals surface area (Å²) >= 11 is 0. The fourth-order valence-electron chi connectivity index (χ4n) is 4.23. The zero-order valence-corrected chi connectivity index (χ0v) is 14.0. The van der Waals surface area contributed by atoms with Crippen LogP contribution < -0.4 is 5.32 Å². The van der Waals surface area contributed by atoms with Gasteiger partial charge in [0.1, 0.15) is 5.54 Å². The minimum atomic E-state index is -0.253. The highest BCUT2D eigenvalue weighted by molar-refractivity contribution is 5.14. The first-order valence-corrected chi connectivity index (χ1v) is 9.07. The van der Waals surface area contributed by atoms with Gasteiger partial charge in [-0.2, -0.15) is 5.26 Å². The van der Waals surface area contributed by atoms with E-state index in [1.54, 1.807) is 0 Å². The van der Waals surface area contributed by atoms with Gasteiger partial charge in [0.15, 0.2) is 0 Å². The Morgan fingerprint density at radius 1 is 1.14 bits per heavy atom. The Labute approximate surface area is 131 Å². The third kappa shape index (κ3) is 4.69. The molecular weight excluding hydrogens is 258 g/mol. The Morgan fingerprint density at radius 3 is 2.43 bits per heavy atom. The average Bonchev–Trinajstić information content (AvgIpc) is 2.80. The number of hydrogen-bond acceptors (Lipinski definition) is 3. The molecule has 0 bridgehead atoms. The summed E-state index contributed by atoms with van der Waals surface area (Å²) in [6.45, 7) is 8.04. The smallest absolute Gasteiger partial charge is 0.109 e. The highest BCUT2D eigenvalue weighted by atomic mass is 15.1. The van der Waals surface area contributed by atoms with E-state index in [2.05, 4.69) is 30.1 Å². The molecule has 0 aromatic heterocycles. The lowest BCUT2D eigenvalue weighted by Crippen LogP contribution is -2.50. The van der Waals surface area contributed by atoms with Crippen LogP contribution in [0.5, 0.6) is 0 Å². The molecule has 1 heterocycles. The maximum Gasteiger partial charge on any atom is 0.109 e. The van der Waals surface area contributed by atoms with Crippen LogP contribution >= 0.6 is 0 Å². The van der Waals surface area contributed by atoms with Crippen molar-refractivity contribution in [1.29, 1.82) is 5.26 Å². The molecule has 0 aromatic rings. The Bertz CT molecular complexity index is 339. The van der Waals surface area contributed by atoms with Crippen LogP contribution in [-0.4, -0.2) is 36.1 Å². The summed E-state index contributed by atoms with van der Waals surface area (Å²) in [6.07, 6.45) is 11.6.